The van der Waals surface area contributed by atoms with Gasteiger partial charge in [-0.05, 0) is 81.2 Å². The second-order valence-corrected chi connectivity index (χ2v) is 16.5. The fourth-order valence-corrected chi connectivity index (χ4v) is 8.63. The summed E-state index contributed by atoms with van der Waals surface area (Å²) in [4.78, 5) is 43.1. The molecule has 1 saturated heterocycles. The zero-order chi connectivity index (χ0) is 37.6. The average Bonchev–Trinajstić information content (AvgIpc) is 3.60. The highest BCUT2D eigenvalue weighted by atomic mass is 31.2. The molecule has 2 bridgehead atoms. The fourth-order valence-electron chi connectivity index (χ4n) is 7.13. The van der Waals surface area contributed by atoms with Crippen molar-refractivity contribution in [2.45, 2.75) is 103 Å². The van der Waals surface area contributed by atoms with Crippen molar-refractivity contribution in [1.29, 1.82) is 0 Å². The molecule has 1 aromatic carbocycles. The minimum absolute atomic E-state index is 0.111. The minimum atomic E-state index is -4.38. The molecule has 7 rings (SSSR count). The third-order valence-electron chi connectivity index (χ3n) is 10.2. The Morgan fingerprint density at radius 3 is 2.25 bits per heavy atom. The van der Waals surface area contributed by atoms with Crippen molar-refractivity contribution in [3.63, 3.8) is 0 Å². The van der Waals surface area contributed by atoms with Gasteiger partial charge in [0.25, 0.3) is 0 Å². The number of ether oxygens (including phenoxy) is 4. The average molecular weight is 742 g/mol. The molecule has 15 nitrogen and oxygen atoms in total. The Labute approximate surface area is 302 Å². The number of nitrogens with two attached hydrogens (primary N) is 1. The van der Waals surface area contributed by atoms with Gasteiger partial charge in [0.05, 0.1) is 30.7 Å². The Morgan fingerprint density at radius 2 is 1.65 bits per heavy atom. The summed E-state index contributed by atoms with van der Waals surface area (Å²) >= 11 is 0. The van der Waals surface area contributed by atoms with Gasteiger partial charge in [-0.2, -0.15) is 10.2 Å². The number of carbonyl (C=O) groups excluding carboxylic acids is 3. The summed E-state index contributed by atoms with van der Waals surface area (Å²) in [5.41, 5.74) is 6.94. The molecule has 0 radical (unpaired) electrons. The maximum absolute atomic E-state index is 14.6. The summed E-state index contributed by atoms with van der Waals surface area (Å²) in [6.07, 6.45) is 1.17. The molecular weight excluding hydrogens is 693 g/mol. The molecule has 4 fully saturated rings. The molecule has 3 N–H and O–H groups in total. The number of benzene rings is 1. The third kappa shape index (κ3) is 7.15. The number of aromatic nitrogens is 3. The van der Waals surface area contributed by atoms with Crippen molar-refractivity contribution in [3.8, 4) is 5.75 Å². The topological polar surface area (TPSA) is 192 Å². The van der Waals surface area contributed by atoms with Gasteiger partial charge in [-0.25, -0.2) is 14.1 Å². The molecule has 3 saturated carbocycles. The van der Waals surface area contributed by atoms with E-state index in [1.807, 2.05) is 12.1 Å². The molecule has 3 heterocycles. The zero-order valence-electron chi connectivity index (χ0n) is 30.6. The van der Waals surface area contributed by atoms with E-state index < -0.39 is 74.1 Å². The quantitative estimate of drug-likeness (QED) is 0.122. The van der Waals surface area contributed by atoms with Gasteiger partial charge >= 0.3 is 25.7 Å². The highest BCUT2D eigenvalue weighted by molar-refractivity contribution is 7.52. The molecule has 0 spiro atoms. The van der Waals surface area contributed by atoms with E-state index in [1.54, 1.807) is 65.8 Å². The predicted molar refractivity (Wildman–Crippen MR) is 188 cm³/mol. The molecule has 0 amide bonds. The Balaban J connectivity index is 1.33. The fraction of sp³-hybridized carbons (Fsp3) is 0.583. The Bertz CT molecular complexity index is 1850. The molecule has 52 heavy (non-hydrogen) atoms. The molecule has 16 heteroatoms. The van der Waals surface area contributed by atoms with Crippen LogP contribution in [0.4, 0.5) is 5.82 Å². The van der Waals surface area contributed by atoms with Gasteiger partial charge in [-0.3, -0.25) is 18.9 Å². The van der Waals surface area contributed by atoms with Crippen molar-refractivity contribution >= 4 is 37.0 Å². The summed E-state index contributed by atoms with van der Waals surface area (Å²) in [6, 6.07) is 9.69. The number of nitrogens with zero attached hydrogens (tertiary/aromatic N) is 3. The van der Waals surface area contributed by atoms with Crippen LogP contribution in [-0.4, -0.2) is 70.1 Å². The van der Waals surface area contributed by atoms with Crippen molar-refractivity contribution in [3.05, 3.63) is 54.0 Å². The van der Waals surface area contributed by atoms with Crippen LogP contribution in [0.1, 0.15) is 79.0 Å². The molecule has 3 aromatic rings. The Kier molecular flexibility index (Phi) is 10.5. The molecule has 1 aliphatic heterocycles. The van der Waals surface area contributed by atoms with Crippen molar-refractivity contribution in [1.82, 2.24) is 19.7 Å². The minimum Gasteiger partial charge on any atom is -0.465 e. The van der Waals surface area contributed by atoms with E-state index in [0.29, 0.717) is 11.2 Å². The maximum atomic E-state index is 14.6. The van der Waals surface area contributed by atoms with Gasteiger partial charge in [0.2, 0.25) is 0 Å². The lowest BCUT2D eigenvalue weighted by molar-refractivity contribution is -0.175. The number of esters is 3. The van der Waals surface area contributed by atoms with E-state index in [1.165, 1.54) is 42.6 Å². The van der Waals surface area contributed by atoms with Crippen LogP contribution in [0.3, 0.4) is 0 Å². The van der Waals surface area contributed by atoms with E-state index in [0.717, 1.165) is 5.92 Å². The molecule has 2 aromatic heterocycles. The van der Waals surface area contributed by atoms with Crippen LogP contribution in [0.2, 0.25) is 0 Å². The van der Waals surface area contributed by atoms with Crippen LogP contribution >= 0.6 is 7.75 Å². The first-order valence-corrected chi connectivity index (χ1v) is 19.3. The monoisotopic (exact) mass is 741 g/mol. The summed E-state index contributed by atoms with van der Waals surface area (Å²) in [6.45, 7) is 11.1. The summed E-state index contributed by atoms with van der Waals surface area (Å²) in [7, 11) is -4.38. The maximum Gasteiger partial charge on any atom is 0.459 e. The lowest BCUT2D eigenvalue weighted by Crippen LogP contribution is -2.55. The SMILES string of the molecule is CCOC(=O)[C@H](C)NP(=O)(OC[C@H]1O[C@@](C)(c2ccc3c(N)ncnn23)[C@H](OC(=O)C(C)C)[C@@H]1OC(=O)C(C)C)Oc1ccc(C23CC(C2)C3)cc1. The highest BCUT2D eigenvalue weighted by Crippen LogP contribution is 2.65. The van der Waals surface area contributed by atoms with Gasteiger partial charge in [-0.1, -0.05) is 39.8 Å². The molecule has 282 valence electrons. The van der Waals surface area contributed by atoms with Crippen molar-refractivity contribution in [2.75, 3.05) is 18.9 Å². The summed E-state index contributed by atoms with van der Waals surface area (Å²) in [5, 5.41) is 7.05. The molecule has 4 aliphatic rings. The first-order valence-electron chi connectivity index (χ1n) is 17.7. The van der Waals surface area contributed by atoms with Crippen LogP contribution in [0, 0.1) is 17.8 Å². The van der Waals surface area contributed by atoms with E-state index >= 15 is 0 Å². The van der Waals surface area contributed by atoms with E-state index in [2.05, 4.69) is 15.2 Å². The van der Waals surface area contributed by atoms with Gasteiger partial charge in [0, 0.05) is 0 Å². The summed E-state index contributed by atoms with van der Waals surface area (Å²) in [5.74, 6) is -1.64. The number of hydrogen-bond acceptors (Lipinski definition) is 13. The number of rotatable bonds is 15. The number of fused-ring (bicyclic) bond motifs is 1. The van der Waals surface area contributed by atoms with Crippen LogP contribution in [-0.2, 0) is 53.4 Å². The number of nitrogens with one attached hydrogen (secondary N) is 1. The van der Waals surface area contributed by atoms with E-state index in [9.17, 15) is 18.9 Å². The van der Waals surface area contributed by atoms with Crippen molar-refractivity contribution < 1.29 is 46.9 Å². The third-order valence-corrected chi connectivity index (χ3v) is 11.8. The predicted octanol–water partition coefficient (Wildman–Crippen LogP) is 4.86. The van der Waals surface area contributed by atoms with Gasteiger partial charge < -0.3 is 29.2 Å². The number of nitrogen functional groups attached to an aromatic ring is 1. The standard InChI is InChI=1S/C36H48N5O10P/c1-8-46-34(44)22(6)40-52(45,51-25-11-9-24(10-12-25)36-15-23(16-36)17-36)47-18-27-29(48-32(42)20(2)3)30(49-33(43)21(4)5)35(7,50-27)28-14-13-26-31(37)38-19-39-41(26)28/h9-14,19-23,27,29-30H,8,15-18H2,1-7H3,(H,40,45)(H2,37,38,39)/t22-,23?,27+,29+,30+,35-,36?,52?/m0/s1. The first kappa shape index (κ1) is 37.7. The second-order valence-electron chi connectivity index (χ2n) is 14.8. The molecular formula is C36H48N5O10P. The van der Waals surface area contributed by atoms with Gasteiger partial charge in [-0.15, -0.1) is 0 Å². The largest absolute Gasteiger partial charge is 0.465 e. The number of carbonyl (C=O) groups is 3. The zero-order valence-corrected chi connectivity index (χ0v) is 31.5. The first-order chi connectivity index (χ1) is 24.6. The van der Waals surface area contributed by atoms with Crippen LogP contribution in [0.25, 0.3) is 5.52 Å². The normalized spacial score (nSPS) is 28.1. The van der Waals surface area contributed by atoms with Crippen LogP contribution in [0.15, 0.2) is 42.7 Å². The molecule has 6 atom stereocenters. The Hall–Kier alpha value is -4.04. The summed E-state index contributed by atoms with van der Waals surface area (Å²) < 4.78 is 51.9. The highest BCUT2D eigenvalue weighted by Gasteiger charge is 2.60. The molecule has 1 unspecified atom stereocenters. The van der Waals surface area contributed by atoms with Gasteiger partial charge in [0.1, 0.15) is 35.3 Å². The van der Waals surface area contributed by atoms with Crippen LogP contribution < -0.4 is 15.3 Å². The van der Waals surface area contributed by atoms with Gasteiger partial charge in [0.15, 0.2) is 18.0 Å². The smallest absolute Gasteiger partial charge is 0.459 e. The lowest BCUT2D eigenvalue weighted by atomic mass is 9.42. The molecule has 3 aliphatic carbocycles. The second kappa shape index (κ2) is 14.4. The van der Waals surface area contributed by atoms with E-state index in [-0.39, 0.29) is 23.6 Å². The van der Waals surface area contributed by atoms with E-state index in [4.69, 9.17) is 33.7 Å². The van der Waals surface area contributed by atoms with Crippen LogP contribution in [0.5, 0.6) is 5.75 Å². The van der Waals surface area contributed by atoms with Crippen molar-refractivity contribution in [2.24, 2.45) is 17.8 Å². The Morgan fingerprint density at radius 1 is 1.00 bits per heavy atom. The number of hydrogen-bond donors (Lipinski definition) is 2. The lowest BCUT2D eigenvalue weighted by Gasteiger charge is -2.62. The number of anilines is 1.